The Balaban J connectivity index is 1.81. The van der Waals surface area contributed by atoms with E-state index in [0.29, 0.717) is 12.1 Å². The molecule has 0 bridgehead atoms. The third-order valence-electron chi connectivity index (χ3n) is 4.80. The fraction of sp³-hybridized carbons (Fsp3) is 0.941. The number of hydrogen-bond acceptors (Lipinski definition) is 3. The van der Waals surface area contributed by atoms with E-state index in [1.807, 2.05) is 20.8 Å². The molecule has 0 heterocycles. The zero-order valence-electron chi connectivity index (χ0n) is 14.1. The Bertz CT molecular complexity index is 345. The summed E-state index contributed by atoms with van der Waals surface area (Å²) >= 11 is 0. The lowest BCUT2D eigenvalue weighted by atomic mass is 9.98. The van der Waals surface area contributed by atoms with Crippen LogP contribution in [0.5, 0.6) is 0 Å². The van der Waals surface area contributed by atoms with E-state index in [1.54, 1.807) is 0 Å². The number of carbonyl (C=O) groups is 1. The molecule has 2 aliphatic rings. The van der Waals surface area contributed by atoms with E-state index in [-0.39, 0.29) is 12.1 Å². The van der Waals surface area contributed by atoms with E-state index in [2.05, 4.69) is 17.6 Å². The van der Waals surface area contributed by atoms with Crippen molar-refractivity contribution in [2.45, 2.75) is 96.4 Å². The van der Waals surface area contributed by atoms with Gasteiger partial charge in [0.25, 0.3) is 0 Å². The molecule has 2 rings (SSSR count). The maximum absolute atomic E-state index is 11.9. The average molecular weight is 296 g/mol. The third kappa shape index (κ3) is 5.17. The van der Waals surface area contributed by atoms with E-state index in [9.17, 15) is 4.79 Å². The molecule has 3 unspecified atom stereocenters. The number of amides is 1. The van der Waals surface area contributed by atoms with E-state index in [4.69, 9.17) is 4.74 Å². The molecule has 0 aliphatic heterocycles. The minimum absolute atomic E-state index is 0.212. The van der Waals surface area contributed by atoms with Crippen LogP contribution in [0.15, 0.2) is 0 Å². The molecule has 4 nitrogen and oxygen atoms in total. The van der Waals surface area contributed by atoms with Crippen LogP contribution in [0.1, 0.15) is 72.6 Å². The van der Waals surface area contributed by atoms with Crippen molar-refractivity contribution >= 4 is 6.09 Å². The lowest BCUT2D eigenvalue weighted by molar-refractivity contribution is 0.0496. The van der Waals surface area contributed by atoms with Gasteiger partial charge in [0.1, 0.15) is 5.60 Å². The van der Waals surface area contributed by atoms with Gasteiger partial charge in [0.2, 0.25) is 0 Å². The normalized spacial score (nSPS) is 28.6. The van der Waals surface area contributed by atoms with Gasteiger partial charge in [0.15, 0.2) is 0 Å². The van der Waals surface area contributed by atoms with Crippen LogP contribution in [0.2, 0.25) is 0 Å². The zero-order valence-corrected chi connectivity index (χ0v) is 14.1. The van der Waals surface area contributed by atoms with Gasteiger partial charge in [0.05, 0.1) is 0 Å². The molecule has 3 atom stereocenters. The first kappa shape index (κ1) is 16.6. The van der Waals surface area contributed by atoms with Gasteiger partial charge < -0.3 is 15.4 Å². The summed E-state index contributed by atoms with van der Waals surface area (Å²) in [6, 6.07) is 1.16. The number of carbonyl (C=O) groups excluding carboxylic acids is 1. The van der Waals surface area contributed by atoms with Crippen molar-refractivity contribution in [3.8, 4) is 0 Å². The van der Waals surface area contributed by atoms with E-state index < -0.39 is 5.60 Å². The molecule has 0 aromatic carbocycles. The molecule has 0 radical (unpaired) electrons. The largest absolute Gasteiger partial charge is 0.444 e. The van der Waals surface area contributed by atoms with E-state index >= 15 is 0 Å². The van der Waals surface area contributed by atoms with Crippen LogP contribution in [0.4, 0.5) is 4.79 Å². The highest BCUT2D eigenvalue weighted by molar-refractivity contribution is 5.68. The Hall–Kier alpha value is -0.770. The molecular formula is C17H32N2O2. The highest BCUT2D eigenvalue weighted by Gasteiger charge is 2.32. The number of alkyl carbamates (subject to hydrolysis) is 1. The summed E-state index contributed by atoms with van der Waals surface area (Å²) in [5.41, 5.74) is -0.428. The van der Waals surface area contributed by atoms with Crippen molar-refractivity contribution in [3.05, 3.63) is 0 Å². The van der Waals surface area contributed by atoms with Gasteiger partial charge in [-0.1, -0.05) is 12.8 Å². The fourth-order valence-corrected chi connectivity index (χ4v) is 3.72. The maximum atomic E-state index is 11.9. The predicted molar refractivity (Wildman–Crippen MR) is 85.4 cm³/mol. The molecular weight excluding hydrogens is 264 g/mol. The van der Waals surface area contributed by atoms with E-state index in [1.165, 1.54) is 32.1 Å². The van der Waals surface area contributed by atoms with Gasteiger partial charge in [-0.05, 0) is 65.7 Å². The second-order valence-corrected chi connectivity index (χ2v) is 7.79. The number of nitrogens with one attached hydrogen (secondary N) is 2. The van der Waals surface area contributed by atoms with Gasteiger partial charge in [-0.25, -0.2) is 4.79 Å². The molecule has 2 saturated carbocycles. The fourth-order valence-electron chi connectivity index (χ4n) is 3.72. The van der Waals surface area contributed by atoms with Crippen LogP contribution in [0, 0.1) is 5.92 Å². The molecule has 0 aromatic rings. The van der Waals surface area contributed by atoms with Crippen LogP contribution in [0.25, 0.3) is 0 Å². The summed E-state index contributed by atoms with van der Waals surface area (Å²) in [5, 5.41) is 6.83. The molecule has 0 saturated heterocycles. The summed E-state index contributed by atoms with van der Waals surface area (Å²) in [6.07, 6.45) is 8.55. The molecule has 1 amide bonds. The lowest BCUT2D eigenvalue weighted by Gasteiger charge is -2.29. The summed E-state index contributed by atoms with van der Waals surface area (Å²) < 4.78 is 5.37. The standard InChI is InChI=1S/C17H32N2O2/c1-12(13-8-5-6-9-13)18-14-10-7-11-15(14)19-16(20)21-17(2,3)4/h12-15,18H,5-11H2,1-4H3,(H,19,20). The van der Waals surface area contributed by atoms with Crippen LogP contribution >= 0.6 is 0 Å². The van der Waals surface area contributed by atoms with Gasteiger partial charge >= 0.3 is 6.09 Å². The van der Waals surface area contributed by atoms with Crippen LogP contribution in [-0.4, -0.2) is 29.8 Å². The minimum Gasteiger partial charge on any atom is -0.444 e. The van der Waals surface area contributed by atoms with E-state index in [0.717, 1.165) is 18.8 Å². The highest BCUT2D eigenvalue weighted by Crippen LogP contribution is 2.29. The lowest BCUT2D eigenvalue weighted by Crippen LogP contribution is -2.51. The Kier molecular flexibility index (Phi) is 5.53. The summed E-state index contributed by atoms with van der Waals surface area (Å²) in [4.78, 5) is 11.9. The third-order valence-corrected chi connectivity index (χ3v) is 4.80. The highest BCUT2D eigenvalue weighted by atomic mass is 16.6. The predicted octanol–water partition coefficient (Wildman–Crippen LogP) is 3.60. The van der Waals surface area contributed by atoms with Crippen LogP contribution in [0.3, 0.4) is 0 Å². The Labute approximate surface area is 129 Å². The number of ether oxygens (including phenoxy) is 1. The molecule has 0 aromatic heterocycles. The first-order chi connectivity index (χ1) is 9.85. The van der Waals surface area contributed by atoms with Gasteiger partial charge in [-0.15, -0.1) is 0 Å². The Morgan fingerprint density at radius 1 is 1.05 bits per heavy atom. The molecule has 2 aliphatic carbocycles. The smallest absolute Gasteiger partial charge is 0.407 e. The maximum Gasteiger partial charge on any atom is 0.407 e. The second-order valence-electron chi connectivity index (χ2n) is 7.79. The first-order valence-electron chi connectivity index (χ1n) is 8.61. The summed E-state index contributed by atoms with van der Waals surface area (Å²) in [6.45, 7) is 8.01. The van der Waals surface area contributed by atoms with Gasteiger partial charge in [-0.3, -0.25) is 0 Å². The van der Waals surface area contributed by atoms with Crippen molar-refractivity contribution in [1.82, 2.24) is 10.6 Å². The Morgan fingerprint density at radius 2 is 1.67 bits per heavy atom. The first-order valence-corrected chi connectivity index (χ1v) is 8.61. The van der Waals surface area contributed by atoms with Crippen molar-refractivity contribution < 1.29 is 9.53 Å². The van der Waals surface area contributed by atoms with Gasteiger partial charge in [-0.2, -0.15) is 0 Å². The summed E-state index contributed by atoms with van der Waals surface area (Å²) in [7, 11) is 0. The molecule has 4 heteroatoms. The molecule has 122 valence electrons. The average Bonchev–Trinajstić information content (AvgIpc) is 2.98. The summed E-state index contributed by atoms with van der Waals surface area (Å²) in [5.74, 6) is 0.813. The second kappa shape index (κ2) is 6.99. The molecule has 2 N–H and O–H groups in total. The number of rotatable bonds is 4. The minimum atomic E-state index is -0.428. The van der Waals surface area contributed by atoms with Crippen LogP contribution in [-0.2, 0) is 4.74 Å². The topological polar surface area (TPSA) is 50.4 Å². The van der Waals surface area contributed by atoms with Crippen molar-refractivity contribution in [1.29, 1.82) is 0 Å². The SMILES string of the molecule is CC(NC1CCCC1NC(=O)OC(C)(C)C)C1CCCC1. The van der Waals surface area contributed by atoms with Crippen molar-refractivity contribution in [3.63, 3.8) is 0 Å². The monoisotopic (exact) mass is 296 g/mol. The molecule has 2 fully saturated rings. The van der Waals surface area contributed by atoms with Crippen molar-refractivity contribution in [2.24, 2.45) is 5.92 Å². The van der Waals surface area contributed by atoms with Crippen molar-refractivity contribution in [2.75, 3.05) is 0 Å². The van der Waals surface area contributed by atoms with Crippen LogP contribution < -0.4 is 10.6 Å². The quantitative estimate of drug-likeness (QED) is 0.833. The number of hydrogen-bond donors (Lipinski definition) is 2. The Morgan fingerprint density at radius 3 is 2.29 bits per heavy atom. The molecule has 21 heavy (non-hydrogen) atoms. The zero-order chi connectivity index (χ0) is 15.5. The molecule has 0 spiro atoms. The van der Waals surface area contributed by atoms with Gasteiger partial charge in [0, 0.05) is 18.1 Å².